The van der Waals surface area contributed by atoms with Crippen molar-refractivity contribution < 1.29 is 13.2 Å². The van der Waals surface area contributed by atoms with Gasteiger partial charge in [-0.3, -0.25) is 4.79 Å². The van der Waals surface area contributed by atoms with Gasteiger partial charge in [-0.05, 0) is 31.0 Å². The Balaban J connectivity index is 2.07. The van der Waals surface area contributed by atoms with Crippen molar-refractivity contribution in [3.8, 4) is 0 Å². The first-order valence-corrected chi connectivity index (χ1v) is 10.4. The molecular weight excluding hydrogens is 372 g/mol. The number of carbonyl (C=O) groups is 1. The van der Waals surface area contributed by atoms with Gasteiger partial charge in [-0.2, -0.15) is 4.31 Å². The van der Waals surface area contributed by atoms with Crippen LogP contribution in [-0.2, 0) is 14.8 Å². The molecule has 1 saturated heterocycles. The van der Waals surface area contributed by atoms with Crippen molar-refractivity contribution in [1.82, 2.24) is 9.21 Å². The lowest BCUT2D eigenvalue weighted by atomic mass is 10.1. The van der Waals surface area contributed by atoms with Crippen LogP contribution in [0.25, 0.3) is 0 Å². The number of nitrogens with zero attached hydrogens (tertiary/aromatic N) is 2. The summed E-state index contributed by atoms with van der Waals surface area (Å²) in [5, 5.41) is 0. The lowest BCUT2D eigenvalue weighted by Crippen LogP contribution is -2.52. The standard InChI is InChI=1S/C19H21ClN2O3S/c1-15-8-10-17(11-9-15)26(24,25)22-13-5-12-21(18(23)14-20)19(22)16-6-3-2-4-7-16/h2-4,6-11,19H,5,12-14H2,1H3. The third-order valence-electron chi connectivity index (χ3n) is 4.51. The maximum Gasteiger partial charge on any atom is 0.245 e. The number of carbonyl (C=O) groups excluding carboxylic acids is 1. The second-order valence-corrected chi connectivity index (χ2v) is 8.45. The molecule has 1 unspecified atom stereocenters. The topological polar surface area (TPSA) is 57.7 Å². The van der Waals surface area contributed by atoms with Crippen LogP contribution >= 0.6 is 11.6 Å². The Morgan fingerprint density at radius 2 is 1.73 bits per heavy atom. The molecule has 1 aliphatic rings. The normalized spacial score (nSPS) is 18.7. The van der Waals surface area contributed by atoms with E-state index in [4.69, 9.17) is 11.6 Å². The van der Waals surface area contributed by atoms with Crippen LogP contribution in [0, 0.1) is 6.92 Å². The Morgan fingerprint density at radius 3 is 2.35 bits per heavy atom. The van der Waals surface area contributed by atoms with Gasteiger partial charge in [-0.25, -0.2) is 8.42 Å². The molecule has 1 amide bonds. The van der Waals surface area contributed by atoms with Gasteiger partial charge < -0.3 is 4.90 Å². The van der Waals surface area contributed by atoms with Crippen LogP contribution in [-0.4, -0.2) is 42.5 Å². The third kappa shape index (κ3) is 3.63. The highest BCUT2D eigenvalue weighted by Gasteiger charge is 2.40. The number of aryl methyl sites for hydroxylation is 1. The van der Waals surface area contributed by atoms with Crippen LogP contribution in [0.15, 0.2) is 59.5 Å². The largest absolute Gasteiger partial charge is 0.321 e. The Kier molecular flexibility index (Phi) is 5.65. The second-order valence-electron chi connectivity index (χ2n) is 6.29. The number of halogens is 1. The number of alkyl halides is 1. The van der Waals surface area contributed by atoms with Crippen LogP contribution in [0.3, 0.4) is 0 Å². The van der Waals surface area contributed by atoms with Crippen molar-refractivity contribution in [2.75, 3.05) is 19.0 Å². The molecule has 3 rings (SSSR count). The summed E-state index contributed by atoms with van der Waals surface area (Å²) in [5.74, 6) is -0.453. The summed E-state index contributed by atoms with van der Waals surface area (Å²) >= 11 is 5.78. The highest BCUT2D eigenvalue weighted by molar-refractivity contribution is 7.89. The van der Waals surface area contributed by atoms with Gasteiger partial charge in [0.15, 0.2) is 0 Å². The molecule has 26 heavy (non-hydrogen) atoms. The smallest absolute Gasteiger partial charge is 0.245 e. The Hall–Kier alpha value is -1.89. The van der Waals surface area contributed by atoms with Crippen molar-refractivity contribution >= 4 is 27.5 Å². The van der Waals surface area contributed by atoms with Crippen molar-refractivity contribution in [3.05, 3.63) is 65.7 Å². The molecule has 2 aromatic rings. The van der Waals surface area contributed by atoms with E-state index < -0.39 is 16.2 Å². The number of hydrogen-bond acceptors (Lipinski definition) is 3. The van der Waals surface area contributed by atoms with Gasteiger partial charge in [0.2, 0.25) is 15.9 Å². The molecule has 2 aromatic carbocycles. The van der Waals surface area contributed by atoms with Crippen molar-refractivity contribution in [3.63, 3.8) is 0 Å². The third-order valence-corrected chi connectivity index (χ3v) is 6.60. The Morgan fingerprint density at radius 1 is 1.08 bits per heavy atom. The number of sulfonamides is 1. The van der Waals surface area contributed by atoms with E-state index in [-0.39, 0.29) is 16.7 Å². The average Bonchev–Trinajstić information content (AvgIpc) is 2.67. The predicted molar refractivity (Wildman–Crippen MR) is 101 cm³/mol. The van der Waals surface area contributed by atoms with E-state index >= 15 is 0 Å². The first-order valence-electron chi connectivity index (χ1n) is 8.44. The zero-order valence-corrected chi connectivity index (χ0v) is 16.1. The van der Waals surface area contributed by atoms with Gasteiger partial charge in [0.05, 0.1) is 4.90 Å². The SMILES string of the molecule is Cc1ccc(S(=O)(=O)N2CCCN(C(=O)CCl)C2c2ccccc2)cc1. The molecular formula is C19H21ClN2O3S. The molecule has 1 heterocycles. The van der Waals surface area contributed by atoms with Crippen LogP contribution in [0.4, 0.5) is 0 Å². The Bertz CT molecular complexity index is 869. The lowest BCUT2D eigenvalue weighted by Gasteiger charge is -2.43. The van der Waals surface area contributed by atoms with Gasteiger partial charge in [-0.15, -0.1) is 11.6 Å². The highest BCUT2D eigenvalue weighted by Crippen LogP contribution is 2.34. The summed E-state index contributed by atoms with van der Waals surface area (Å²) < 4.78 is 28.0. The monoisotopic (exact) mass is 392 g/mol. The minimum atomic E-state index is -3.75. The minimum Gasteiger partial charge on any atom is -0.321 e. The van der Waals surface area contributed by atoms with E-state index in [1.165, 1.54) is 4.31 Å². The summed E-state index contributed by atoms with van der Waals surface area (Å²) in [4.78, 5) is 14.2. The van der Waals surface area contributed by atoms with Gasteiger partial charge in [0.1, 0.15) is 12.0 Å². The quantitative estimate of drug-likeness (QED) is 0.751. The van der Waals surface area contributed by atoms with Gasteiger partial charge in [-0.1, -0.05) is 48.0 Å². The summed E-state index contributed by atoms with van der Waals surface area (Å²) in [5.41, 5.74) is 1.74. The van der Waals surface area contributed by atoms with Gasteiger partial charge in [0.25, 0.3) is 0 Å². The van der Waals surface area contributed by atoms with E-state index in [0.717, 1.165) is 11.1 Å². The minimum absolute atomic E-state index is 0.179. The fourth-order valence-electron chi connectivity index (χ4n) is 3.20. The molecule has 0 saturated carbocycles. The van der Waals surface area contributed by atoms with E-state index in [2.05, 4.69) is 0 Å². The number of rotatable bonds is 4. The van der Waals surface area contributed by atoms with Crippen molar-refractivity contribution in [1.29, 1.82) is 0 Å². The van der Waals surface area contributed by atoms with E-state index in [1.54, 1.807) is 29.2 Å². The summed E-state index contributed by atoms with van der Waals surface area (Å²) in [6, 6.07) is 16.0. The predicted octanol–water partition coefficient (Wildman–Crippen LogP) is 3.16. The zero-order chi connectivity index (χ0) is 18.7. The van der Waals surface area contributed by atoms with E-state index in [1.807, 2.05) is 37.3 Å². The first-order chi connectivity index (χ1) is 12.4. The molecule has 0 spiro atoms. The van der Waals surface area contributed by atoms with E-state index in [0.29, 0.717) is 19.5 Å². The van der Waals surface area contributed by atoms with E-state index in [9.17, 15) is 13.2 Å². The number of benzene rings is 2. The molecule has 0 bridgehead atoms. The molecule has 0 radical (unpaired) electrons. The second kappa shape index (κ2) is 7.78. The molecule has 7 heteroatoms. The average molecular weight is 393 g/mol. The molecule has 0 N–H and O–H groups in total. The fraction of sp³-hybridized carbons (Fsp3) is 0.316. The maximum atomic E-state index is 13.3. The number of hydrogen-bond donors (Lipinski definition) is 0. The molecule has 1 fully saturated rings. The van der Waals surface area contributed by atoms with Crippen LogP contribution < -0.4 is 0 Å². The van der Waals surface area contributed by atoms with Crippen LogP contribution in [0.1, 0.15) is 23.7 Å². The van der Waals surface area contributed by atoms with Crippen molar-refractivity contribution in [2.24, 2.45) is 0 Å². The summed E-state index contributed by atoms with van der Waals surface area (Å²) in [6.07, 6.45) is -0.126. The summed E-state index contributed by atoms with van der Waals surface area (Å²) in [6.45, 7) is 2.73. The lowest BCUT2D eigenvalue weighted by molar-refractivity contribution is -0.135. The fourth-order valence-corrected chi connectivity index (χ4v) is 4.98. The molecule has 138 valence electrons. The zero-order valence-electron chi connectivity index (χ0n) is 14.5. The molecule has 0 aromatic heterocycles. The van der Waals surface area contributed by atoms with Gasteiger partial charge >= 0.3 is 0 Å². The molecule has 0 aliphatic carbocycles. The van der Waals surface area contributed by atoms with Crippen LogP contribution in [0.5, 0.6) is 0 Å². The van der Waals surface area contributed by atoms with Crippen LogP contribution in [0.2, 0.25) is 0 Å². The molecule has 1 aliphatic heterocycles. The molecule has 5 nitrogen and oxygen atoms in total. The summed E-state index contributed by atoms with van der Waals surface area (Å²) in [7, 11) is -3.75. The highest BCUT2D eigenvalue weighted by atomic mass is 35.5. The molecule has 1 atom stereocenters. The van der Waals surface area contributed by atoms with Gasteiger partial charge in [0, 0.05) is 13.1 Å². The Labute approximate surface area is 159 Å². The maximum absolute atomic E-state index is 13.3. The first kappa shape index (κ1) is 18.9. The number of amides is 1. The van der Waals surface area contributed by atoms with Crippen molar-refractivity contribution in [2.45, 2.75) is 24.4 Å².